The van der Waals surface area contributed by atoms with Crippen LogP contribution in [0.25, 0.3) is 0 Å². The zero-order valence-electron chi connectivity index (χ0n) is 26.7. The van der Waals surface area contributed by atoms with Crippen LogP contribution in [0.5, 0.6) is 17.2 Å². The number of nitrogens with zero attached hydrogens (tertiary/aromatic N) is 1. The summed E-state index contributed by atoms with van der Waals surface area (Å²) in [5, 5.41) is 76.3. The summed E-state index contributed by atoms with van der Waals surface area (Å²) in [5.74, 6) is -3.74. The number of hydrogen-bond donors (Lipinski definition) is 7. The summed E-state index contributed by atoms with van der Waals surface area (Å²) in [6.45, 7) is 4.72. The SMILES string of the molecule is C[C@@H]1OC(OC2[C@H](C)OC(OC3C[C@@](C)(O)C(O)c4c(O)c5c(c(O)c43)C(=O)c3c(O)cccc3C5=O)C[C@@H]2N(C)C)C[C@H](O)C1O. The number of ether oxygens (including phenoxy) is 4. The van der Waals surface area contributed by atoms with Crippen LogP contribution >= 0.6 is 0 Å². The van der Waals surface area contributed by atoms with Gasteiger partial charge in [-0.2, -0.15) is 0 Å². The fourth-order valence-electron chi connectivity index (χ4n) is 7.33. The zero-order chi connectivity index (χ0) is 34.3. The highest BCUT2D eigenvalue weighted by Gasteiger charge is 2.51. The molecule has 0 bridgehead atoms. The van der Waals surface area contributed by atoms with Gasteiger partial charge in [-0.05, 0) is 40.9 Å². The number of ketones is 2. The van der Waals surface area contributed by atoms with Crippen LogP contribution in [0.4, 0.5) is 0 Å². The molecule has 2 fully saturated rings. The Labute approximate surface area is 270 Å². The number of phenols is 3. The lowest BCUT2D eigenvalue weighted by atomic mass is 9.72. The quantitative estimate of drug-likeness (QED) is 0.191. The van der Waals surface area contributed by atoms with Crippen molar-refractivity contribution in [1.82, 2.24) is 4.90 Å². The minimum atomic E-state index is -1.90. The number of rotatable bonds is 5. The largest absolute Gasteiger partial charge is 0.507 e. The van der Waals surface area contributed by atoms with Crippen LogP contribution in [0.1, 0.15) is 95.2 Å². The Bertz CT molecular complexity index is 1580. The molecule has 7 N–H and O–H groups in total. The van der Waals surface area contributed by atoms with Crippen molar-refractivity contribution in [3.8, 4) is 17.2 Å². The van der Waals surface area contributed by atoms with Gasteiger partial charge in [0.2, 0.25) is 5.78 Å². The maximum atomic E-state index is 13.6. The third kappa shape index (κ3) is 5.51. The van der Waals surface area contributed by atoms with E-state index in [9.17, 15) is 45.3 Å². The summed E-state index contributed by atoms with van der Waals surface area (Å²) in [5.41, 5.74) is -4.05. The number of carbonyl (C=O) groups excluding carboxylic acids is 2. The van der Waals surface area contributed by atoms with Gasteiger partial charge in [-0.25, -0.2) is 0 Å². The molecule has 14 heteroatoms. The Hall–Kier alpha value is -3.18. The fourth-order valence-corrected chi connectivity index (χ4v) is 7.33. The van der Waals surface area contributed by atoms with Gasteiger partial charge in [0, 0.05) is 42.0 Å². The monoisotopic (exact) mass is 659 g/mol. The standard InChI is InChI=1S/C33H41NO13/c1-12-26(37)17(36)10-20(44-12)47-31-13(2)45-19(9-15(31)34(4)5)46-18-11-33(3,43)32(42)25-22(18)29(40)24-23(30(25)41)27(38)14-7-6-8-16(35)21(14)28(24)39/h6-8,12-13,15,17-20,26,31-32,35-37,40-43H,9-11H2,1-5H3/t12-,13-,15-,17-,18?,19?,20?,26?,31?,32?,33+/m0/s1. The van der Waals surface area contributed by atoms with E-state index in [0.717, 1.165) is 0 Å². The lowest BCUT2D eigenvalue weighted by Crippen LogP contribution is -2.57. The second-order valence-electron chi connectivity index (χ2n) is 13.4. The molecule has 256 valence electrons. The minimum absolute atomic E-state index is 0.0572. The number of aliphatic hydroxyl groups is 4. The number of phenolic OH excluding ortho intramolecular Hbond substituents is 3. The van der Waals surface area contributed by atoms with Gasteiger partial charge in [0.15, 0.2) is 18.4 Å². The van der Waals surface area contributed by atoms with E-state index >= 15 is 0 Å². The molecule has 14 nitrogen and oxygen atoms in total. The number of fused-ring (bicyclic) bond motifs is 3. The molecule has 6 unspecified atom stereocenters. The average Bonchev–Trinajstić information content (AvgIpc) is 2.99. The van der Waals surface area contributed by atoms with Crippen LogP contribution in [0, 0.1) is 0 Å². The second kappa shape index (κ2) is 12.1. The summed E-state index contributed by atoms with van der Waals surface area (Å²) in [4.78, 5) is 29.1. The van der Waals surface area contributed by atoms with Gasteiger partial charge >= 0.3 is 0 Å². The summed E-state index contributed by atoms with van der Waals surface area (Å²) < 4.78 is 24.6. The molecule has 2 aliphatic carbocycles. The summed E-state index contributed by atoms with van der Waals surface area (Å²) in [6, 6.07) is 3.56. The lowest BCUT2D eigenvalue weighted by Gasteiger charge is -2.47. The van der Waals surface area contributed by atoms with Gasteiger partial charge < -0.3 is 59.6 Å². The molecule has 47 heavy (non-hydrogen) atoms. The molecule has 0 amide bonds. The molecule has 0 saturated carbocycles. The van der Waals surface area contributed by atoms with Crippen molar-refractivity contribution in [2.75, 3.05) is 14.1 Å². The Kier molecular flexibility index (Phi) is 8.65. The molecule has 6 rings (SSSR count). The molecule has 2 aromatic rings. The van der Waals surface area contributed by atoms with Crippen LogP contribution in [0.2, 0.25) is 0 Å². The third-order valence-electron chi connectivity index (χ3n) is 9.88. The predicted molar refractivity (Wildman–Crippen MR) is 161 cm³/mol. The average molecular weight is 660 g/mol. The van der Waals surface area contributed by atoms with E-state index in [-0.39, 0.29) is 47.6 Å². The second-order valence-corrected chi connectivity index (χ2v) is 13.4. The van der Waals surface area contributed by atoms with Crippen LogP contribution in [-0.4, -0.2) is 121 Å². The first kappa shape index (κ1) is 33.7. The fraction of sp³-hybridized carbons (Fsp3) is 0.576. The maximum Gasteiger partial charge on any atom is 0.202 e. The lowest BCUT2D eigenvalue weighted by molar-refractivity contribution is -0.311. The van der Waals surface area contributed by atoms with Crippen LogP contribution in [0.15, 0.2) is 18.2 Å². The number of carbonyl (C=O) groups is 2. The maximum absolute atomic E-state index is 13.6. The first-order valence-corrected chi connectivity index (χ1v) is 15.6. The first-order valence-electron chi connectivity index (χ1n) is 15.6. The Morgan fingerprint density at radius 2 is 1.47 bits per heavy atom. The molecule has 4 aliphatic rings. The zero-order valence-corrected chi connectivity index (χ0v) is 26.7. The molecule has 2 aliphatic heterocycles. The van der Waals surface area contributed by atoms with E-state index in [4.69, 9.17) is 18.9 Å². The molecule has 2 aromatic carbocycles. The topological polar surface area (TPSA) is 216 Å². The first-order chi connectivity index (χ1) is 22.0. The highest BCUT2D eigenvalue weighted by atomic mass is 16.7. The van der Waals surface area contributed by atoms with Crippen molar-refractivity contribution in [2.24, 2.45) is 0 Å². The summed E-state index contributed by atoms with van der Waals surface area (Å²) >= 11 is 0. The van der Waals surface area contributed by atoms with Crippen LogP contribution < -0.4 is 0 Å². The normalized spacial score (nSPS) is 37.0. The number of hydrogen-bond acceptors (Lipinski definition) is 14. The van der Waals surface area contributed by atoms with Crippen LogP contribution in [0.3, 0.4) is 0 Å². The van der Waals surface area contributed by atoms with E-state index in [1.165, 1.54) is 25.1 Å². The number of aliphatic hydroxyl groups excluding tert-OH is 3. The smallest absolute Gasteiger partial charge is 0.202 e. The van der Waals surface area contributed by atoms with Gasteiger partial charge in [-0.3, -0.25) is 9.59 Å². The Morgan fingerprint density at radius 1 is 0.851 bits per heavy atom. The minimum Gasteiger partial charge on any atom is -0.507 e. The summed E-state index contributed by atoms with van der Waals surface area (Å²) in [7, 11) is 3.67. The Balaban J connectivity index is 1.33. The van der Waals surface area contributed by atoms with E-state index in [2.05, 4.69) is 0 Å². The third-order valence-corrected chi connectivity index (χ3v) is 9.88. The van der Waals surface area contributed by atoms with E-state index in [1.807, 2.05) is 19.0 Å². The highest BCUT2D eigenvalue weighted by molar-refractivity contribution is 6.31. The van der Waals surface area contributed by atoms with Crippen LogP contribution in [-0.2, 0) is 18.9 Å². The molecule has 0 radical (unpaired) electrons. The molecule has 11 atom stereocenters. The molecule has 0 aromatic heterocycles. The van der Waals surface area contributed by atoms with Crippen molar-refractivity contribution < 1.29 is 64.3 Å². The summed E-state index contributed by atoms with van der Waals surface area (Å²) in [6.07, 6.45) is -8.69. The highest BCUT2D eigenvalue weighted by Crippen LogP contribution is 2.55. The van der Waals surface area contributed by atoms with Crippen molar-refractivity contribution in [3.05, 3.63) is 51.6 Å². The predicted octanol–water partition coefficient (Wildman–Crippen LogP) is 1.13. The van der Waals surface area contributed by atoms with Gasteiger partial charge in [0.25, 0.3) is 0 Å². The number of likely N-dealkylation sites (N-methyl/N-ethyl adjacent to an activating group) is 1. The number of benzene rings is 2. The molecular formula is C33H41NO13. The molecule has 2 heterocycles. The van der Waals surface area contributed by atoms with Gasteiger partial charge in [-0.15, -0.1) is 0 Å². The number of aromatic hydroxyl groups is 3. The Morgan fingerprint density at radius 3 is 2.13 bits per heavy atom. The van der Waals surface area contributed by atoms with Crippen molar-refractivity contribution in [1.29, 1.82) is 0 Å². The van der Waals surface area contributed by atoms with Crippen molar-refractivity contribution >= 4 is 11.6 Å². The van der Waals surface area contributed by atoms with Gasteiger partial charge in [0.05, 0.1) is 46.7 Å². The van der Waals surface area contributed by atoms with Gasteiger partial charge in [-0.1, -0.05) is 12.1 Å². The molecule has 0 spiro atoms. The molecular weight excluding hydrogens is 618 g/mol. The van der Waals surface area contributed by atoms with Gasteiger partial charge in [0.1, 0.15) is 35.6 Å². The van der Waals surface area contributed by atoms with Crippen molar-refractivity contribution in [3.63, 3.8) is 0 Å². The van der Waals surface area contributed by atoms with Crippen molar-refractivity contribution in [2.45, 2.75) is 107 Å². The molecule has 2 saturated heterocycles. The van der Waals surface area contributed by atoms with E-state index < -0.39 is 101 Å². The van der Waals surface area contributed by atoms with E-state index in [0.29, 0.717) is 0 Å². The van der Waals surface area contributed by atoms with E-state index in [1.54, 1.807) is 13.8 Å².